The van der Waals surface area contributed by atoms with Gasteiger partial charge in [0.05, 0.1) is 5.02 Å². The Kier molecular flexibility index (Phi) is 5.00. The minimum atomic E-state index is -0.00178. The molecule has 0 heterocycles. The number of hydrogen-bond acceptors (Lipinski definition) is 1. The van der Waals surface area contributed by atoms with E-state index in [0.29, 0.717) is 11.4 Å². The highest BCUT2D eigenvalue weighted by Gasteiger charge is 2.04. The first-order valence-electron chi connectivity index (χ1n) is 5.94. The molecule has 0 fully saturated rings. The summed E-state index contributed by atoms with van der Waals surface area (Å²) in [6.45, 7) is 0. The Hall–Kier alpha value is -1.32. The molecule has 2 aromatic carbocycles. The van der Waals surface area contributed by atoms with Crippen LogP contribution in [0.3, 0.4) is 0 Å². The van der Waals surface area contributed by atoms with Crippen molar-refractivity contribution in [3.05, 3.63) is 63.6 Å². The van der Waals surface area contributed by atoms with Gasteiger partial charge in [0.15, 0.2) is 0 Å². The summed E-state index contributed by atoms with van der Waals surface area (Å²) >= 11 is 9.23. The summed E-state index contributed by atoms with van der Waals surface area (Å²) in [6, 6.07) is 15.3. The molecule has 2 nitrogen and oxygen atoms in total. The minimum absolute atomic E-state index is 0.00178. The predicted molar refractivity (Wildman–Crippen MR) is 82.5 cm³/mol. The smallest absolute Gasteiger partial charge is 0.224 e. The van der Waals surface area contributed by atoms with Gasteiger partial charge in [0, 0.05) is 16.6 Å². The van der Waals surface area contributed by atoms with Crippen molar-refractivity contribution in [1.82, 2.24) is 0 Å². The quantitative estimate of drug-likeness (QED) is 0.862. The van der Waals surface area contributed by atoms with Crippen LogP contribution >= 0.6 is 27.5 Å². The van der Waals surface area contributed by atoms with E-state index in [1.165, 1.54) is 0 Å². The number of hydrogen-bond donors (Lipinski definition) is 1. The zero-order chi connectivity index (χ0) is 13.7. The first-order valence-corrected chi connectivity index (χ1v) is 7.11. The molecule has 98 valence electrons. The number of rotatable bonds is 4. The molecule has 0 saturated heterocycles. The molecule has 1 amide bonds. The van der Waals surface area contributed by atoms with Crippen LogP contribution in [0.25, 0.3) is 0 Å². The van der Waals surface area contributed by atoms with Crippen LogP contribution in [0, 0.1) is 0 Å². The molecule has 4 heteroatoms. The van der Waals surface area contributed by atoms with Crippen LogP contribution in [0.2, 0.25) is 5.02 Å². The molecule has 19 heavy (non-hydrogen) atoms. The van der Waals surface area contributed by atoms with Gasteiger partial charge in [0.25, 0.3) is 0 Å². The molecule has 0 aliphatic rings. The molecule has 0 aliphatic heterocycles. The SMILES string of the molecule is O=C(CCc1ccccc1)Nc1ccc(Cl)c(Br)c1. The lowest BCUT2D eigenvalue weighted by Crippen LogP contribution is -2.12. The average molecular weight is 339 g/mol. The second-order valence-electron chi connectivity index (χ2n) is 4.16. The molecule has 0 aromatic heterocycles. The van der Waals surface area contributed by atoms with Crippen LogP contribution in [-0.4, -0.2) is 5.91 Å². The number of carbonyl (C=O) groups excluding carboxylic acids is 1. The number of nitrogens with one attached hydrogen (secondary N) is 1. The van der Waals surface area contributed by atoms with E-state index in [1.54, 1.807) is 18.2 Å². The van der Waals surface area contributed by atoms with Crippen molar-refractivity contribution in [2.75, 3.05) is 5.32 Å². The zero-order valence-corrected chi connectivity index (χ0v) is 12.5. The van der Waals surface area contributed by atoms with Gasteiger partial charge < -0.3 is 5.32 Å². The Bertz CT molecular complexity index is 572. The Labute approximate surface area is 125 Å². The summed E-state index contributed by atoms with van der Waals surface area (Å²) in [7, 11) is 0. The summed E-state index contributed by atoms with van der Waals surface area (Å²) in [5.41, 5.74) is 1.91. The molecule has 0 saturated carbocycles. The van der Waals surface area contributed by atoms with E-state index in [9.17, 15) is 4.79 Å². The fourth-order valence-electron chi connectivity index (χ4n) is 1.70. The first kappa shape index (κ1) is 14.1. The molecule has 0 spiro atoms. The van der Waals surface area contributed by atoms with Crippen LogP contribution in [0.4, 0.5) is 5.69 Å². The van der Waals surface area contributed by atoms with Gasteiger partial charge in [-0.2, -0.15) is 0 Å². The van der Waals surface area contributed by atoms with E-state index in [2.05, 4.69) is 21.2 Å². The van der Waals surface area contributed by atoms with Crippen molar-refractivity contribution in [2.24, 2.45) is 0 Å². The third kappa shape index (κ3) is 4.37. The van der Waals surface area contributed by atoms with Crippen molar-refractivity contribution < 1.29 is 4.79 Å². The topological polar surface area (TPSA) is 29.1 Å². The Morgan fingerprint density at radius 1 is 1.16 bits per heavy atom. The van der Waals surface area contributed by atoms with Gasteiger partial charge >= 0.3 is 0 Å². The first-order chi connectivity index (χ1) is 9.15. The highest BCUT2D eigenvalue weighted by atomic mass is 79.9. The number of amides is 1. The second kappa shape index (κ2) is 6.73. The monoisotopic (exact) mass is 337 g/mol. The summed E-state index contributed by atoms with van der Waals surface area (Å²) < 4.78 is 0.773. The highest BCUT2D eigenvalue weighted by molar-refractivity contribution is 9.10. The highest BCUT2D eigenvalue weighted by Crippen LogP contribution is 2.25. The molecule has 2 aromatic rings. The van der Waals surface area contributed by atoms with E-state index in [4.69, 9.17) is 11.6 Å². The maximum Gasteiger partial charge on any atom is 0.224 e. The van der Waals surface area contributed by atoms with Gasteiger partial charge in [-0.15, -0.1) is 0 Å². The van der Waals surface area contributed by atoms with Crippen LogP contribution in [0.5, 0.6) is 0 Å². The van der Waals surface area contributed by atoms with Crippen molar-refractivity contribution in [1.29, 1.82) is 0 Å². The van der Waals surface area contributed by atoms with Crippen molar-refractivity contribution in [3.8, 4) is 0 Å². The predicted octanol–water partition coefficient (Wildman–Crippen LogP) is 4.67. The molecule has 0 bridgehead atoms. The third-order valence-electron chi connectivity index (χ3n) is 2.69. The maximum absolute atomic E-state index is 11.8. The number of benzene rings is 2. The van der Waals surface area contributed by atoms with E-state index in [1.807, 2.05) is 30.3 Å². The molecule has 0 atom stereocenters. The van der Waals surface area contributed by atoms with E-state index in [-0.39, 0.29) is 5.91 Å². The summed E-state index contributed by atoms with van der Waals surface area (Å²) in [6.07, 6.45) is 1.20. The molecule has 2 rings (SSSR count). The fraction of sp³-hybridized carbons (Fsp3) is 0.133. The molecule has 1 N–H and O–H groups in total. The van der Waals surface area contributed by atoms with Crippen molar-refractivity contribution in [2.45, 2.75) is 12.8 Å². The van der Waals surface area contributed by atoms with Gasteiger partial charge in [-0.1, -0.05) is 41.9 Å². The normalized spacial score (nSPS) is 10.2. The summed E-state index contributed by atoms with van der Waals surface area (Å²) in [4.78, 5) is 11.8. The fourth-order valence-corrected chi connectivity index (χ4v) is 2.20. The van der Waals surface area contributed by atoms with Gasteiger partial charge in [-0.05, 0) is 46.1 Å². The lowest BCUT2D eigenvalue weighted by Gasteiger charge is -2.06. The number of halogens is 2. The molecule has 0 radical (unpaired) electrons. The Morgan fingerprint density at radius 3 is 2.58 bits per heavy atom. The number of anilines is 1. The lowest BCUT2D eigenvalue weighted by molar-refractivity contribution is -0.116. The van der Waals surface area contributed by atoms with Gasteiger partial charge in [0.2, 0.25) is 5.91 Å². The maximum atomic E-state index is 11.8. The largest absolute Gasteiger partial charge is 0.326 e. The van der Waals surface area contributed by atoms with E-state index in [0.717, 1.165) is 22.1 Å². The second-order valence-corrected chi connectivity index (χ2v) is 5.42. The molecule has 0 unspecified atom stereocenters. The number of carbonyl (C=O) groups is 1. The van der Waals surface area contributed by atoms with Crippen LogP contribution in [0.15, 0.2) is 53.0 Å². The van der Waals surface area contributed by atoms with Crippen LogP contribution in [-0.2, 0) is 11.2 Å². The average Bonchev–Trinajstić information content (AvgIpc) is 2.42. The minimum Gasteiger partial charge on any atom is -0.326 e. The van der Waals surface area contributed by atoms with Gasteiger partial charge in [0.1, 0.15) is 0 Å². The standard InChI is InChI=1S/C15H13BrClNO/c16-13-10-12(7-8-14(13)17)18-15(19)9-6-11-4-2-1-3-5-11/h1-5,7-8,10H,6,9H2,(H,18,19). The van der Waals surface area contributed by atoms with Crippen LogP contribution in [0.1, 0.15) is 12.0 Å². The summed E-state index contributed by atoms with van der Waals surface area (Å²) in [5, 5.41) is 3.48. The number of aryl methyl sites for hydroxylation is 1. The zero-order valence-electron chi connectivity index (χ0n) is 10.2. The molecule has 0 aliphatic carbocycles. The van der Waals surface area contributed by atoms with Crippen molar-refractivity contribution in [3.63, 3.8) is 0 Å². The Morgan fingerprint density at radius 2 is 1.89 bits per heavy atom. The Balaban J connectivity index is 1.89. The molecular formula is C15H13BrClNO. The van der Waals surface area contributed by atoms with Crippen molar-refractivity contribution >= 4 is 39.1 Å². The molecular weight excluding hydrogens is 326 g/mol. The van der Waals surface area contributed by atoms with E-state index >= 15 is 0 Å². The van der Waals surface area contributed by atoms with Crippen LogP contribution < -0.4 is 5.32 Å². The van der Waals surface area contributed by atoms with E-state index < -0.39 is 0 Å². The summed E-state index contributed by atoms with van der Waals surface area (Å²) in [5.74, 6) is -0.00178. The van der Waals surface area contributed by atoms with Gasteiger partial charge in [-0.25, -0.2) is 0 Å². The lowest BCUT2D eigenvalue weighted by atomic mass is 10.1. The third-order valence-corrected chi connectivity index (χ3v) is 3.90. The van der Waals surface area contributed by atoms with Gasteiger partial charge in [-0.3, -0.25) is 4.79 Å².